The molecule has 2 heterocycles. The summed E-state index contributed by atoms with van der Waals surface area (Å²) in [4.78, 5) is 11.6. The molecule has 1 fully saturated rings. The molecule has 1 amide bonds. The number of hydrogen-bond acceptors (Lipinski definition) is 4. The maximum absolute atomic E-state index is 11.6. The van der Waals surface area contributed by atoms with Gasteiger partial charge in [0.2, 0.25) is 5.91 Å². The summed E-state index contributed by atoms with van der Waals surface area (Å²) in [6.07, 6.45) is 4.63. The number of carbonyl (C=O) groups is 1. The van der Waals surface area contributed by atoms with E-state index in [0.29, 0.717) is 6.54 Å². The van der Waals surface area contributed by atoms with Crippen LogP contribution < -0.4 is 10.6 Å². The highest BCUT2D eigenvalue weighted by Crippen LogP contribution is 2.09. The van der Waals surface area contributed by atoms with Crippen molar-refractivity contribution < 1.29 is 4.79 Å². The number of aryl methyl sites for hydroxylation is 1. The Bertz CT molecular complexity index is 365. The highest BCUT2D eigenvalue weighted by atomic mass is 35.5. The molecule has 0 spiro atoms. The van der Waals surface area contributed by atoms with Crippen molar-refractivity contribution in [2.45, 2.75) is 12.5 Å². The number of halogens is 1. The Kier molecular flexibility index (Phi) is 5.80. The molecule has 5 nitrogen and oxygen atoms in total. The third kappa shape index (κ3) is 4.22. The maximum Gasteiger partial charge on any atom is 0.238 e. The lowest BCUT2D eigenvalue weighted by molar-refractivity contribution is -0.122. The van der Waals surface area contributed by atoms with Gasteiger partial charge in [0.15, 0.2) is 0 Å². The van der Waals surface area contributed by atoms with Crippen LogP contribution in [0.3, 0.4) is 0 Å². The van der Waals surface area contributed by atoms with Crippen LogP contribution in [-0.2, 0) is 18.3 Å². The zero-order chi connectivity index (χ0) is 11.4. The summed E-state index contributed by atoms with van der Waals surface area (Å²) in [5, 5.41) is 10.2. The lowest BCUT2D eigenvalue weighted by Gasteiger charge is -2.09. The summed E-state index contributed by atoms with van der Waals surface area (Å²) in [6, 6.07) is -0.0149. The van der Waals surface area contributed by atoms with Crippen LogP contribution in [0.1, 0.15) is 5.56 Å². The van der Waals surface area contributed by atoms with Crippen molar-refractivity contribution in [2.75, 3.05) is 18.2 Å². The lowest BCUT2D eigenvalue weighted by atomic mass is 10.2. The number of aromatic nitrogens is 2. The number of rotatable bonds is 4. The first-order valence-electron chi connectivity index (χ1n) is 5.32. The van der Waals surface area contributed by atoms with Gasteiger partial charge in [-0.3, -0.25) is 14.8 Å². The average Bonchev–Trinajstić information content (AvgIpc) is 2.89. The molecule has 1 aromatic heterocycles. The fraction of sp³-hybridized carbons (Fsp3) is 0.600. The summed E-state index contributed by atoms with van der Waals surface area (Å²) in [6.45, 7) is 0.674. The Morgan fingerprint density at radius 1 is 1.76 bits per heavy atom. The van der Waals surface area contributed by atoms with E-state index in [4.69, 9.17) is 0 Å². The topological polar surface area (TPSA) is 59.0 Å². The van der Waals surface area contributed by atoms with Gasteiger partial charge < -0.3 is 5.32 Å². The Labute approximate surface area is 111 Å². The van der Waals surface area contributed by atoms with Gasteiger partial charge in [0.05, 0.1) is 12.2 Å². The van der Waals surface area contributed by atoms with Gasteiger partial charge in [0.25, 0.3) is 0 Å². The summed E-state index contributed by atoms with van der Waals surface area (Å²) < 4.78 is 1.77. The van der Waals surface area contributed by atoms with Gasteiger partial charge in [-0.15, -0.1) is 24.2 Å². The first kappa shape index (κ1) is 14.3. The van der Waals surface area contributed by atoms with E-state index in [1.807, 2.05) is 19.4 Å². The number of thioether (sulfide) groups is 1. The first-order valence-corrected chi connectivity index (χ1v) is 6.47. The summed E-state index contributed by atoms with van der Waals surface area (Å²) in [7, 11) is 1.89. The van der Waals surface area contributed by atoms with Crippen LogP contribution in [0.4, 0.5) is 0 Å². The molecule has 1 aromatic rings. The van der Waals surface area contributed by atoms with Crippen LogP contribution >= 0.6 is 24.2 Å². The van der Waals surface area contributed by atoms with Crippen LogP contribution in [0.25, 0.3) is 0 Å². The fourth-order valence-corrected chi connectivity index (χ4v) is 2.56. The molecule has 0 radical (unpaired) electrons. The third-order valence-corrected chi connectivity index (χ3v) is 3.44. The zero-order valence-electron chi connectivity index (χ0n) is 9.68. The minimum Gasteiger partial charge on any atom is -0.354 e. The minimum atomic E-state index is -0.0149. The molecule has 0 saturated carbocycles. The SMILES string of the molecule is Cl.Cn1cc(CCNC(=O)C2CSCN2)cn1. The second kappa shape index (κ2) is 6.88. The van der Waals surface area contributed by atoms with Gasteiger partial charge in [-0.2, -0.15) is 5.10 Å². The Balaban J connectivity index is 0.00000144. The standard InChI is InChI=1S/C10H16N4OS.ClH/c1-14-5-8(4-13-14)2-3-11-10(15)9-6-16-7-12-9;/h4-5,9,12H,2-3,6-7H2,1H3,(H,11,15);1H. The molecule has 7 heteroatoms. The van der Waals surface area contributed by atoms with Crippen LogP contribution in [0, 0.1) is 0 Å². The Morgan fingerprint density at radius 3 is 3.18 bits per heavy atom. The van der Waals surface area contributed by atoms with Crippen LogP contribution in [0.2, 0.25) is 0 Å². The van der Waals surface area contributed by atoms with Crippen molar-refractivity contribution in [3.8, 4) is 0 Å². The fourth-order valence-electron chi connectivity index (χ4n) is 1.62. The molecular weight excluding hydrogens is 260 g/mol. The molecule has 0 bridgehead atoms. The van der Waals surface area contributed by atoms with Crippen LogP contribution in [-0.4, -0.2) is 39.9 Å². The number of hydrogen-bond donors (Lipinski definition) is 2. The van der Waals surface area contributed by atoms with Gasteiger partial charge in [0, 0.05) is 31.4 Å². The molecule has 96 valence electrons. The third-order valence-electron chi connectivity index (χ3n) is 2.50. The molecule has 1 atom stereocenters. The van der Waals surface area contributed by atoms with E-state index in [-0.39, 0.29) is 24.4 Å². The van der Waals surface area contributed by atoms with E-state index in [0.717, 1.165) is 23.6 Å². The van der Waals surface area contributed by atoms with E-state index in [1.54, 1.807) is 16.4 Å². The number of carbonyl (C=O) groups excluding carboxylic acids is 1. The maximum atomic E-state index is 11.6. The van der Waals surface area contributed by atoms with Crippen molar-refractivity contribution in [1.29, 1.82) is 0 Å². The normalized spacial score (nSPS) is 18.8. The zero-order valence-corrected chi connectivity index (χ0v) is 11.3. The smallest absolute Gasteiger partial charge is 0.238 e. The molecule has 17 heavy (non-hydrogen) atoms. The summed E-state index contributed by atoms with van der Waals surface area (Å²) in [5.74, 6) is 1.85. The van der Waals surface area contributed by atoms with Gasteiger partial charge in [-0.05, 0) is 12.0 Å². The Hall–Kier alpha value is -0.720. The molecule has 1 aliphatic rings. The largest absolute Gasteiger partial charge is 0.354 e. The van der Waals surface area contributed by atoms with Crippen molar-refractivity contribution in [1.82, 2.24) is 20.4 Å². The monoisotopic (exact) mass is 276 g/mol. The van der Waals surface area contributed by atoms with E-state index in [9.17, 15) is 4.79 Å². The van der Waals surface area contributed by atoms with Gasteiger partial charge in [-0.1, -0.05) is 0 Å². The van der Waals surface area contributed by atoms with Crippen LogP contribution in [0.5, 0.6) is 0 Å². The van der Waals surface area contributed by atoms with Crippen molar-refractivity contribution in [2.24, 2.45) is 7.05 Å². The molecule has 0 aliphatic carbocycles. The highest BCUT2D eigenvalue weighted by Gasteiger charge is 2.21. The van der Waals surface area contributed by atoms with Gasteiger partial charge in [0.1, 0.15) is 0 Å². The Morgan fingerprint density at radius 2 is 2.59 bits per heavy atom. The molecular formula is C10H17ClN4OS. The van der Waals surface area contributed by atoms with E-state index >= 15 is 0 Å². The van der Waals surface area contributed by atoms with Crippen LogP contribution in [0.15, 0.2) is 12.4 Å². The van der Waals surface area contributed by atoms with E-state index in [1.165, 1.54) is 0 Å². The van der Waals surface area contributed by atoms with Crippen molar-refractivity contribution in [3.63, 3.8) is 0 Å². The number of amides is 1. The van der Waals surface area contributed by atoms with E-state index < -0.39 is 0 Å². The van der Waals surface area contributed by atoms with Gasteiger partial charge >= 0.3 is 0 Å². The number of nitrogens with one attached hydrogen (secondary N) is 2. The molecule has 0 aromatic carbocycles. The summed E-state index contributed by atoms with van der Waals surface area (Å²) >= 11 is 1.76. The average molecular weight is 277 g/mol. The minimum absolute atomic E-state index is 0. The second-order valence-corrected chi connectivity index (χ2v) is 4.87. The molecule has 1 unspecified atom stereocenters. The predicted molar refractivity (Wildman–Crippen MR) is 71.4 cm³/mol. The van der Waals surface area contributed by atoms with Crippen molar-refractivity contribution in [3.05, 3.63) is 18.0 Å². The summed E-state index contributed by atoms with van der Waals surface area (Å²) in [5.41, 5.74) is 1.15. The molecule has 2 N–H and O–H groups in total. The lowest BCUT2D eigenvalue weighted by Crippen LogP contribution is -2.42. The van der Waals surface area contributed by atoms with Crippen molar-refractivity contribution >= 4 is 30.1 Å². The predicted octanol–water partition coefficient (Wildman–Crippen LogP) is 0.163. The second-order valence-electron chi connectivity index (χ2n) is 3.84. The van der Waals surface area contributed by atoms with Gasteiger partial charge in [-0.25, -0.2) is 0 Å². The molecule has 1 aliphatic heterocycles. The highest BCUT2D eigenvalue weighted by molar-refractivity contribution is 7.99. The van der Waals surface area contributed by atoms with E-state index in [2.05, 4.69) is 15.7 Å². The number of nitrogens with zero attached hydrogens (tertiary/aromatic N) is 2. The molecule has 2 rings (SSSR count). The molecule has 1 saturated heterocycles. The quantitative estimate of drug-likeness (QED) is 0.823. The first-order chi connectivity index (χ1) is 7.75.